The second kappa shape index (κ2) is 6.16. The number of aliphatic hydroxyl groups excluding tert-OH is 1. The summed E-state index contributed by atoms with van der Waals surface area (Å²) in [4.78, 5) is 10.4. The fourth-order valence-corrected chi connectivity index (χ4v) is 1.82. The molecule has 2 rings (SSSR count). The van der Waals surface area contributed by atoms with E-state index in [1.807, 2.05) is 18.2 Å². The van der Waals surface area contributed by atoms with Gasteiger partial charge in [0.15, 0.2) is 0 Å². The van der Waals surface area contributed by atoms with E-state index in [4.69, 9.17) is 4.74 Å². The van der Waals surface area contributed by atoms with Gasteiger partial charge in [0.2, 0.25) is 0 Å². The van der Waals surface area contributed by atoms with Gasteiger partial charge in [0.05, 0.1) is 11.0 Å². The van der Waals surface area contributed by atoms with E-state index in [9.17, 15) is 15.2 Å². The zero-order chi connectivity index (χ0) is 14.5. The Morgan fingerprint density at radius 1 is 1.25 bits per heavy atom. The third-order valence-corrected chi connectivity index (χ3v) is 2.97. The number of hydrogen-bond acceptors (Lipinski definition) is 4. The summed E-state index contributed by atoms with van der Waals surface area (Å²) in [6, 6.07) is 13.8. The highest BCUT2D eigenvalue weighted by molar-refractivity contribution is 5.45. The van der Waals surface area contributed by atoms with Crippen LogP contribution < -0.4 is 4.74 Å². The zero-order valence-corrected chi connectivity index (χ0v) is 11.0. The minimum Gasteiger partial charge on any atom is -0.490 e. The fourth-order valence-electron chi connectivity index (χ4n) is 1.82. The molecule has 0 spiro atoms. The molecule has 0 aromatic heterocycles. The summed E-state index contributed by atoms with van der Waals surface area (Å²) >= 11 is 0. The van der Waals surface area contributed by atoms with Gasteiger partial charge in [0.1, 0.15) is 18.5 Å². The van der Waals surface area contributed by atoms with E-state index in [0.717, 1.165) is 5.56 Å². The van der Waals surface area contributed by atoms with Crippen molar-refractivity contribution in [1.29, 1.82) is 0 Å². The maximum absolute atomic E-state index is 10.8. The van der Waals surface area contributed by atoms with Gasteiger partial charge in [-0.2, -0.15) is 0 Å². The number of ether oxygens (including phenoxy) is 1. The topological polar surface area (TPSA) is 72.6 Å². The molecule has 104 valence electrons. The lowest BCUT2D eigenvalue weighted by Gasteiger charge is -2.12. The Morgan fingerprint density at radius 2 is 1.95 bits per heavy atom. The Morgan fingerprint density at radius 3 is 2.60 bits per heavy atom. The van der Waals surface area contributed by atoms with E-state index in [2.05, 4.69) is 0 Å². The molecule has 0 saturated carbocycles. The molecule has 20 heavy (non-hydrogen) atoms. The first-order valence-corrected chi connectivity index (χ1v) is 6.19. The Balaban J connectivity index is 2.04. The van der Waals surface area contributed by atoms with Gasteiger partial charge in [0, 0.05) is 5.56 Å². The molecule has 0 radical (unpaired) electrons. The molecule has 0 fully saturated rings. The molecule has 0 aliphatic heterocycles. The van der Waals surface area contributed by atoms with Crippen LogP contribution in [0.2, 0.25) is 0 Å². The van der Waals surface area contributed by atoms with Crippen LogP contribution in [0.3, 0.4) is 0 Å². The van der Waals surface area contributed by atoms with Crippen molar-refractivity contribution in [3.8, 4) is 5.75 Å². The number of aryl methyl sites for hydroxylation is 1. The first-order chi connectivity index (χ1) is 9.58. The summed E-state index contributed by atoms with van der Waals surface area (Å²) < 4.78 is 5.41. The van der Waals surface area contributed by atoms with Crippen molar-refractivity contribution in [2.45, 2.75) is 13.0 Å². The SMILES string of the molecule is Cc1ccc(OCC(O)c2ccccc2)cc1[N+](=O)[O-]. The predicted octanol–water partition coefficient (Wildman–Crippen LogP) is 3.02. The molecular formula is C15H15NO4. The lowest BCUT2D eigenvalue weighted by Crippen LogP contribution is -2.09. The highest BCUT2D eigenvalue weighted by Gasteiger charge is 2.13. The van der Waals surface area contributed by atoms with E-state index in [1.165, 1.54) is 6.07 Å². The zero-order valence-electron chi connectivity index (χ0n) is 11.0. The van der Waals surface area contributed by atoms with Crippen molar-refractivity contribution in [2.24, 2.45) is 0 Å². The van der Waals surface area contributed by atoms with Gasteiger partial charge in [-0.3, -0.25) is 10.1 Å². The molecule has 0 amide bonds. The summed E-state index contributed by atoms with van der Waals surface area (Å²) in [5.74, 6) is 0.372. The molecule has 0 aliphatic rings. The van der Waals surface area contributed by atoms with Crippen LogP contribution in [0.25, 0.3) is 0 Å². The molecule has 0 bridgehead atoms. The second-order valence-corrected chi connectivity index (χ2v) is 4.44. The minimum atomic E-state index is -0.767. The number of nitro groups is 1. The van der Waals surface area contributed by atoms with Gasteiger partial charge in [-0.1, -0.05) is 30.3 Å². The van der Waals surface area contributed by atoms with Gasteiger partial charge in [-0.25, -0.2) is 0 Å². The molecule has 1 atom stereocenters. The van der Waals surface area contributed by atoms with Crippen LogP contribution in [0, 0.1) is 17.0 Å². The van der Waals surface area contributed by atoms with Crippen LogP contribution in [0.1, 0.15) is 17.2 Å². The van der Waals surface area contributed by atoms with Crippen LogP contribution in [-0.2, 0) is 0 Å². The number of benzene rings is 2. The maximum atomic E-state index is 10.8. The maximum Gasteiger partial charge on any atom is 0.276 e. The number of nitro benzene ring substituents is 1. The van der Waals surface area contributed by atoms with E-state index in [-0.39, 0.29) is 12.3 Å². The smallest absolute Gasteiger partial charge is 0.276 e. The van der Waals surface area contributed by atoms with Crippen molar-refractivity contribution in [3.63, 3.8) is 0 Å². The van der Waals surface area contributed by atoms with Crippen molar-refractivity contribution >= 4 is 5.69 Å². The van der Waals surface area contributed by atoms with E-state index in [0.29, 0.717) is 11.3 Å². The Hall–Kier alpha value is -2.40. The second-order valence-electron chi connectivity index (χ2n) is 4.44. The van der Waals surface area contributed by atoms with E-state index >= 15 is 0 Å². The van der Waals surface area contributed by atoms with Crippen molar-refractivity contribution in [1.82, 2.24) is 0 Å². The average Bonchev–Trinajstić information content (AvgIpc) is 2.46. The van der Waals surface area contributed by atoms with Gasteiger partial charge < -0.3 is 9.84 Å². The molecular weight excluding hydrogens is 258 g/mol. The van der Waals surface area contributed by atoms with Gasteiger partial charge in [-0.05, 0) is 24.6 Å². The Kier molecular flexibility index (Phi) is 4.32. The number of hydrogen-bond donors (Lipinski definition) is 1. The van der Waals surface area contributed by atoms with Crippen LogP contribution in [0.5, 0.6) is 5.75 Å². The first kappa shape index (κ1) is 14.0. The standard InChI is InChI=1S/C15H15NO4/c1-11-7-8-13(9-14(11)16(18)19)20-10-15(17)12-5-3-2-4-6-12/h2-9,15,17H,10H2,1H3. The fraction of sp³-hybridized carbons (Fsp3) is 0.200. The molecule has 0 heterocycles. The summed E-state index contributed by atoms with van der Waals surface area (Å²) in [7, 11) is 0. The lowest BCUT2D eigenvalue weighted by molar-refractivity contribution is -0.385. The number of aliphatic hydroxyl groups is 1. The summed E-state index contributed by atoms with van der Waals surface area (Å²) in [5, 5.41) is 20.8. The van der Waals surface area contributed by atoms with Gasteiger partial charge >= 0.3 is 0 Å². The van der Waals surface area contributed by atoms with Crippen LogP contribution in [-0.4, -0.2) is 16.6 Å². The predicted molar refractivity (Wildman–Crippen MR) is 74.7 cm³/mol. The largest absolute Gasteiger partial charge is 0.490 e. The highest BCUT2D eigenvalue weighted by atomic mass is 16.6. The van der Waals surface area contributed by atoms with Crippen LogP contribution in [0.15, 0.2) is 48.5 Å². The lowest BCUT2D eigenvalue weighted by atomic mass is 10.1. The molecule has 1 unspecified atom stereocenters. The Labute approximate surface area is 116 Å². The average molecular weight is 273 g/mol. The molecule has 5 nitrogen and oxygen atoms in total. The molecule has 0 saturated heterocycles. The summed E-state index contributed by atoms with van der Waals surface area (Å²) in [6.07, 6.45) is -0.767. The third kappa shape index (κ3) is 3.33. The monoisotopic (exact) mass is 273 g/mol. The van der Waals surface area contributed by atoms with E-state index in [1.54, 1.807) is 31.2 Å². The summed E-state index contributed by atoms with van der Waals surface area (Å²) in [5.41, 5.74) is 1.33. The highest BCUT2D eigenvalue weighted by Crippen LogP contribution is 2.24. The molecule has 5 heteroatoms. The summed E-state index contributed by atoms with van der Waals surface area (Å²) in [6.45, 7) is 1.71. The first-order valence-electron chi connectivity index (χ1n) is 6.19. The van der Waals surface area contributed by atoms with Crippen LogP contribution >= 0.6 is 0 Å². The van der Waals surface area contributed by atoms with Crippen molar-refractivity contribution in [3.05, 3.63) is 69.8 Å². The van der Waals surface area contributed by atoms with Crippen molar-refractivity contribution < 1.29 is 14.8 Å². The van der Waals surface area contributed by atoms with Gasteiger partial charge in [-0.15, -0.1) is 0 Å². The minimum absolute atomic E-state index is 0.0108. The van der Waals surface area contributed by atoms with Crippen molar-refractivity contribution in [2.75, 3.05) is 6.61 Å². The number of nitrogens with zero attached hydrogens (tertiary/aromatic N) is 1. The normalized spacial score (nSPS) is 11.9. The molecule has 2 aromatic rings. The van der Waals surface area contributed by atoms with E-state index < -0.39 is 11.0 Å². The quantitative estimate of drug-likeness (QED) is 0.671. The molecule has 1 N–H and O–H groups in total. The number of rotatable bonds is 5. The third-order valence-electron chi connectivity index (χ3n) is 2.97. The van der Waals surface area contributed by atoms with Gasteiger partial charge in [0.25, 0.3) is 5.69 Å². The molecule has 2 aromatic carbocycles. The van der Waals surface area contributed by atoms with Crippen LogP contribution in [0.4, 0.5) is 5.69 Å². The molecule has 0 aliphatic carbocycles. The Bertz CT molecular complexity index is 598.